The van der Waals surface area contributed by atoms with E-state index in [9.17, 15) is 4.79 Å². The molecule has 0 aromatic rings. The van der Waals surface area contributed by atoms with Gasteiger partial charge in [0.05, 0.1) is 0 Å². The molecular formula is C9H19NO2. The molecule has 0 spiro atoms. The van der Waals surface area contributed by atoms with Crippen LogP contribution in [0.4, 0.5) is 0 Å². The van der Waals surface area contributed by atoms with Gasteiger partial charge in [0, 0.05) is 0 Å². The largest absolute Gasteiger partial charge is 0.480 e. The third kappa shape index (κ3) is 2.81. The predicted octanol–water partition coefficient (Wildman–Crippen LogP) is 1.33. The molecular weight excluding hydrogens is 154 g/mol. The fraction of sp³-hybridized carbons (Fsp3) is 0.889. The van der Waals surface area contributed by atoms with Crippen molar-refractivity contribution >= 4 is 5.97 Å². The molecule has 0 aromatic carbocycles. The van der Waals surface area contributed by atoms with Crippen LogP contribution in [0.5, 0.6) is 0 Å². The quantitative estimate of drug-likeness (QED) is 0.674. The monoisotopic (exact) mass is 173 g/mol. The molecule has 3 heteroatoms. The Balaban J connectivity index is 4.40. The molecule has 0 fully saturated rings. The van der Waals surface area contributed by atoms with Crippen molar-refractivity contribution < 1.29 is 9.90 Å². The van der Waals surface area contributed by atoms with Gasteiger partial charge in [0.15, 0.2) is 0 Å². The van der Waals surface area contributed by atoms with Crippen LogP contribution in [-0.2, 0) is 4.79 Å². The predicted molar refractivity (Wildman–Crippen MR) is 48.8 cm³/mol. The normalized spacial score (nSPS) is 14.3. The van der Waals surface area contributed by atoms with E-state index in [0.29, 0.717) is 11.8 Å². The van der Waals surface area contributed by atoms with Crippen molar-refractivity contribution in [3.8, 4) is 0 Å². The van der Waals surface area contributed by atoms with E-state index in [0.717, 1.165) is 0 Å². The summed E-state index contributed by atoms with van der Waals surface area (Å²) in [5, 5.41) is 8.73. The van der Waals surface area contributed by atoms with E-state index in [2.05, 4.69) is 0 Å². The van der Waals surface area contributed by atoms with Gasteiger partial charge in [0.25, 0.3) is 0 Å². The highest BCUT2D eigenvalue weighted by Gasteiger charge is 2.29. The van der Waals surface area contributed by atoms with Gasteiger partial charge in [-0.1, -0.05) is 27.7 Å². The Morgan fingerprint density at radius 1 is 1.17 bits per heavy atom. The summed E-state index contributed by atoms with van der Waals surface area (Å²) in [7, 11) is 0. The minimum absolute atomic E-state index is 0.0579. The van der Waals surface area contributed by atoms with Gasteiger partial charge in [0.1, 0.15) is 6.04 Å². The summed E-state index contributed by atoms with van der Waals surface area (Å²) < 4.78 is 0. The van der Waals surface area contributed by atoms with Crippen molar-refractivity contribution in [2.45, 2.75) is 33.7 Å². The molecule has 3 nitrogen and oxygen atoms in total. The van der Waals surface area contributed by atoms with E-state index in [1.54, 1.807) is 0 Å². The Kier molecular flexibility index (Phi) is 4.24. The number of hydrogen-bond donors (Lipinski definition) is 2. The first-order valence-electron chi connectivity index (χ1n) is 4.36. The van der Waals surface area contributed by atoms with Gasteiger partial charge >= 0.3 is 5.97 Å². The van der Waals surface area contributed by atoms with Crippen LogP contribution in [-0.4, -0.2) is 17.1 Å². The maximum Gasteiger partial charge on any atom is 0.320 e. The fourth-order valence-corrected chi connectivity index (χ4v) is 1.76. The molecule has 0 unspecified atom stereocenters. The molecule has 0 rings (SSSR count). The maximum absolute atomic E-state index is 10.6. The SMILES string of the molecule is CC(C)C(C(C)C)[C@H](N)C(=O)O. The van der Waals surface area contributed by atoms with E-state index < -0.39 is 12.0 Å². The van der Waals surface area contributed by atoms with Crippen molar-refractivity contribution in [3.05, 3.63) is 0 Å². The van der Waals surface area contributed by atoms with E-state index >= 15 is 0 Å². The minimum Gasteiger partial charge on any atom is -0.480 e. The fourth-order valence-electron chi connectivity index (χ4n) is 1.76. The number of carbonyl (C=O) groups is 1. The molecule has 0 bridgehead atoms. The Bertz CT molecular complexity index is 147. The van der Waals surface area contributed by atoms with E-state index in [1.807, 2.05) is 27.7 Å². The lowest BCUT2D eigenvalue weighted by molar-refractivity contribution is -0.140. The van der Waals surface area contributed by atoms with Crippen molar-refractivity contribution in [3.63, 3.8) is 0 Å². The van der Waals surface area contributed by atoms with Gasteiger partial charge in [-0.2, -0.15) is 0 Å². The van der Waals surface area contributed by atoms with Crippen LogP contribution in [0.25, 0.3) is 0 Å². The van der Waals surface area contributed by atoms with Crippen LogP contribution in [0.15, 0.2) is 0 Å². The topological polar surface area (TPSA) is 63.3 Å². The van der Waals surface area contributed by atoms with Crippen LogP contribution in [0.2, 0.25) is 0 Å². The van der Waals surface area contributed by atoms with Gasteiger partial charge in [-0.25, -0.2) is 0 Å². The summed E-state index contributed by atoms with van der Waals surface area (Å²) in [6, 6.07) is -0.731. The molecule has 0 amide bonds. The molecule has 72 valence electrons. The van der Waals surface area contributed by atoms with Crippen LogP contribution in [0.1, 0.15) is 27.7 Å². The Morgan fingerprint density at radius 2 is 1.50 bits per heavy atom. The van der Waals surface area contributed by atoms with E-state index in [-0.39, 0.29) is 5.92 Å². The third-order valence-electron chi connectivity index (χ3n) is 2.24. The Hall–Kier alpha value is -0.570. The second kappa shape index (κ2) is 4.45. The summed E-state index contributed by atoms with van der Waals surface area (Å²) in [6.45, 7) is 8.03. The Morgan fingerprint density at radius 3 is 1.58 bits per heavy atom. The standard InChI is InChI=1S/C9H19NO2/c1-5(2)7(6(3)4)8(10)9(11)12/h5-8H,10H2,1-4H3,(H,11,12)/t8-/m0/s1. The summed E-state index contributed by atoms with van der Waals surface area (Å²) in [6.07, 6.45) is 0. The Labute approximate surface area is 74.0 Å². The number of nitrogens with two attached hydrogens (primary N) is 1. The molecule has 0 aliphatic rings. The highest BCUT2D eigenvalue weighted by atomic mass is 16.4. The van der Waals surface area contributed by atoms with Gasteiger partial charge in [-0.05, 0) is 17.8 Å². The summed E-state index contributed by atoms with van der Waals surface area (Å²) >= 11 is 0. The second-order valence-electron chi connectivity index (χ2n) is 3.93. The zero-order chi connectivity index (χ0) is 9.89. The lowest BCUT2D eigenvalue weighted by Gasteiger charge is -2.27. The summed E-state index contributed by atoms with van der Waals surface area (Å²) in [5.74, 6) is -0.211. The molecule has 12 heavy (non-hydrogen) atoms. The molecule has 0 aromatic heterocycles. The van der Waals surface area contributed by atoms with Crippen LogP contribution in [0.3, 0.4) is 0 Å². The van der Waals surface area contributed by atoms with Crippen molar-refractivity contribution in [1.82, 2.24) is 0 Å². The van der Waals surface area contributed by atoms with Gasteiger partial charge in [-0.15, -0.1) is 0 Å². The first-order valence-corrected chi connectivity index (χ1v) is 4.36. The van der Waals surface area contributed by atoms with E-state index in [4.69, 9.17) is 10.8 Å². The highest BCUT2D eigenvalue weighted by Crippen LogP contribution is 2.23. The zero-order valence-electron chi connectivity index (χ0n) is 8.24. The zero-order valence-corrected chi connectivity index (χ0v) is 8.24. The van der Waals surface area contributed by atoms with Crippen LogP contribution in [0, 0.1) is 17.8 Å². The number of rotatable bonds is 4. The minimum atomic E-state index is -0.901. The number of carboxylic acids is 1. The second-order valence-corrected chi connectivity index (χ2v) is 3.93. The first kappa shape index (κ1) is 11.4. The van der Waals surface area contributed by atoms with Crippen molar-refractivity contribution in [2.75, 3.05) is 0 Å². The van der Waals surface area contributed by atoms with Gasteiger partial charge in [-0.3, -0.25) is 4.79 Å². The first-order chi connectivity index (χ1) is 5.37. The van der Waals surface area contributed by atoms with Crippen LogP contribution >= 0.6 is 0 Å². The highest BCUT2D eigenvalue weighted by molar-refractivity contribution is 5.73. The molecule has 3 N–H and O–H groups in total. The van der Waals surface area contributed by atoms with Gasteiger partial charge in [0.2, 0.25) is 0 Å². The van der Waals surface area contributed by atoms with E-state index in [1.165, 1.54) is 0 Å². The molecule has 1 atom stereocenters. The summed E-state index contributed by atoms with van der Waals surface area (Å²) in [4.78, 5) is 10.6. The maximum atomic E-state index is 10.6. The lowest BCUT2D eigenvalue weighted by atomic mass is 9.80. The van der Waals surface area contributed by atoms with Crippen LogP contribution < -0.4 is 5.73 Å². The average Bonchev–Trinajstić information content (AvgIpc) is 1.85. The number of hydrogen-bond acceptors (Lipinski definition) is 2. The molecule has 0 aliphatic heterocycles. The van der Waals surface area contributed by atoms with Crippen molar-refractivity contribution in [1.29, 1.82) is 0 Å². The average molecular weight is 173 g/mol. The number of aliphatic carboxylic acids is 1. The molecule has 0 saturated carbocycles. The molecule has 0 saturated heterocycles. The third-order valence-corrected chi connectivity index (χ3v) is 2.24. The smallest absolute Gasteiger partial charge is 0.320 e. The van der Waals surface area contributed by atoms with Gasteiger partial charge < -0.3 is 10.8 Å². The molecule has 0 heterocycles. The lowest BCUT2D eigenvalue weighted by Crippen LogP contribution is -2.42. The van der Waals surface area contributed by atoms with Crippen molar-refractivity contribution in [2.24, 2.45) is 23.5 Å². The molecule has 0 aliphatic carbocycles. The molecule has 0 radical (unpaired) electrons. The summed E-state index contributed by atoms with van der Waals surface area (Å²) in [5.41, 5.74) is 5.56. The number of carboxylic acid groups (broad SMARTS) is 1.